The summed E-state index contributed by atoms with van der Waals surface area (Å²) in [5.41, 5.74) is 6.69. The molecule has 0 radical (unpaired) electrons. The Morgan fingerprint density at radius 1 is 1.19 bits per heavy atom. The molecule has 0 unspecified atom stereocenters. The molecule has 0 saturated carbocycles. The summed E-state index contributed by atoms with van der Waals surface area (Å²) in [5, 5.41) is 13.3. The van der Waals surface area contributed by atoms with Crippen LogP contribution in [0.2, 0.25) is 0 Å². The lowest BCUT2D eigenvalue weighted by atomic mass is 10.0. The van der Waals surface area contributed by atoms with Crippen molar-refractivity contribution < 1.29 is 4.79 Å². The summed E-state index contributed by atoms with van der Waals surface area (Å²) < 4.78 is 1.02. The molecule has 0 fully saturated rings. The number of para-hydroxylation sites is 1. The Labute approximate surface area is 224 Å². The van der Waals surface area contributed by atoms with E-state index in [-0.39, 0.29) is 11.6 Å². The molecule has 0 bridgehead atoms. The Morgan fingerprint density at radius 2 is 2.03 bits per heavy atom. The van der Waals surface area contributed by atoms with Gasteiger partial charge in [0.15, 0.2) is 5.71 Å². The van der Waals surface area contributed by atoms with Crippen molar-refractivity contribution in [1.29, 1.82) is 0 Å². The second-order valence-corrected chi connectivity index (χ2v) is 9.53. The Hall–Kier alpha value is -4.21. The number of anilines is 2. The lowest BCUT2D eigenvalue weighted by Crippen LogP contribution is -2.28. The zero-order valence-electron chi connectivity index (χ0n) is 20.6. The molecule has 1 N–H and O–H groups in total. The normalized spacial score (nSPS) is 15.9. The first kappa shape index (κ1) is 25.9. The van der Waals surface area contributed by atoms with Gasteiger partial charge in [0.25, 0.3) is 0 Å². The standard InChI is InChI=1S/C28H26N6OS2/c1-5-9-14-19(8-4)22-18-36-28(30-22)34-26(35)25(24(33-34)20(13-7-3)15-10-6-2)31-32-27-29-21-16-11-12-17-23(21)37-27/h5,7-18H,3-4,6H2,1-2H3,(H,29,32)/b9-5-,15-10-,19-14+,20-13+,31-25-. The second kappa shape index (κ2) is 12.2. The van der Waals surface area contributed by atoms with Gasteiger partial charge >= 0.3 is 5.91 Å². The van der Waals surface area contributed by atoms with Crippen molar-refractivity contribution in [1.82, 2.24) is 9.97 Å². The zero-order valence-corrected chi connectivity index (χ0v) is 22.2. The predicted molar refractivity (Wildman–Crippen MR) is 158 cm³/mol. The molecule has 4 rings (SSSR count). The molecule has 3 heterocycles. The van der Waals surface area contributed by atoms with Crippen LogP contribution in [0.15, 0.2) is 107 Å². The maximum absolute atomic E-state index is 13.6. The minimum atomic E-state index is -0.387. The molecular formula is C28H26N6OS2. The molecule has 3 aromatic rings. The Morgan fingerprint density at radius 3 is 2.76 bits per heavy atom. The van der Waals surface area contributed by atoms with Crippen molar-refractivity contribution in [2.75, 3.05) is 10.4 Å². The highest BCUT2D eigenvalue weighted by Crippen LogP contribution is 2.30. The number of thiazole rings is 2. The van der Waals surface area contributed by atoms with Gasteiger partial charge in [0.2, 0.25) is 10.3 Å². The van der Waals surface area contributed by atoms with E-state index >= 15 is 0 Å². The number of hydrazone groups is 2. The van der Waals surface area contributed by atoms with Crippen LogP contribution in [-0.2, 0) is 4.79 Å². The van der Waals surface area contributed by atoms with Crippen molar-refractivity contribution in [3.05, 3.63) is 103 Å². The molecule has 1 amide bonds. The fraction of sp³-hybridized carbons (Fsp3) is 0.107. The summed E-state index contributed by atoms with van der Waals surface area (Å²) in [7, 11) is 0. The van der Waals surface area contributed by atoms with Gasteiger partial charge in [-0.25, -0.2) is 9.97 Å². The van der Waals surface area contributed by atoms with Crippen LogP contribution < -0.4 is 10.4 Å². The number of benzene rings is 1. The average molecular weight is 527 g/mol. The van der Waals surface area contributed by atoms with Gasteiger partial charge in [-0.2, -0.15) is 15.2 Å². The van der Waals surface area contributed by atoms with Gasteiger partial charge in [-0.05, 0) is 25.5 Å². The van der Waals surface area contributed by atoms with Gasteiger partial charge in [-0.1, -0.05) is 92.2 Å². The minimum Gasteiger partial charge on any atom is -0.265 e. The predicted octanol–water partition coefficient (Wildman–Crippen LogP) is 7.15. The molecule has 0 atom stereocenters. The molecule has 186 valence electrons. The summed E-state index contributed by atoms with van der Waals surface area (Å²) in [6.07, 6.45) is 15.7. The summed E-state index contributed by atoms with van der Waals surface area (Å²) >= 11 is 2.78. The number of hydrogen-bond acceptors (Lipinski definition) is 8. The summed E-state index contributed by atoms with van der Waals surface area (Å²) in [4.78, 5) is 22.8. The molecule has 2 aromatic heterocycles. The van der Waals surface area contributed by atoms with Crippen LogP contribution in [0.25, 0.3) is 15.8 Å². The van der Waals surface area contributed by atoms with E-state index in [1.54, 1.807) is 18.2 Å². The Balaban J connectivity index is 1.73. The Kier molecular flexibility index (Phi) is 8.50. The van der Waals surface area contributed by atoms with E-state index in [2.05, 4.69) is 38.8 Å². The van der Waals surface area contributed by atoms with Crippen molar-refractivity contribution in [3.8, 4) is 0 Å². The highest BCUT2D eigenvalue weighted by Gasteiger charge is 2.36. The van der Waals surface area contributed by atoms with Crippen molar-refractivity contribution in [3.63, 3.8) is 0 Å². The first-order valence-corrected chi connectivity index (χ1v) is 13.3. The molecule has 1 aliphatic heterocycles. The summed E-state index contributed by atoms with van der Waals surface area (Å²) in [5.74, 6) is -0.387. The van der Waals surface area contributed by atoms with Gasteiger partial charge in [-0.15, -0.1) is 11.3 Å². The number of carbonyl (C=O) groups excluding carboxylic acids is 1. The number of nitrogens with zero attached hydrogens (tertiary/aromatic N) is 5. The van der Waals surface area contributed by atoms with Crippen LogP contribution in [0.3, 0.4) is 0 Å². The van der Waals surface area contributed by atoms with E-state index in [1.165, 1.54) is 27.7 Å². The van der Waals surface area contributed by atoms with E-state index < -0.39 is 0 Å². The third kappa shape index (κ3) is 5.79. The lowest BCUT2D eigenvalue weighted by Gasteiger charge is -2.06. The molecule has 37 heavy (non-hydrogen) atoms. The molecular weight excluding hydrogens is 500 g/mol. The third-order valence-electron chi connectivity index (χ3n) is 5.14. The van der Waals surface area contributed by atoms with Crippen LogP contribution in [-0.4, -0.2) is 27.3 Å². The lowest BCUT2D eigenvalue weighted by molar-refractivity contribution is -0.112. The number of amides is 1. The zero-order chi connectivity index (χ0) is 26.2. The van der Waals surface area contributed by atoms with Gasteiger partial charge in [-0.3, -0.25) is 10.2 Å². The van der Waals surface area contributed by atoms with Gasteiger partial charge in [0, 0.05) is 16.5 Å². The monoisotopic (exact) mass is 526 g/mol. The highest BCUT2D eigenvalue weighted by atomic mass is 32.1. The smallest absolute Gasteiger partial charge is 0.265 e. The van der Waals surface area contributed by atoms with Crippen molar-refractivity contribution in [2.45, 2.75) is 20.3 Å². The molecule has 0 saturated heterocycles. The van der Waals surface area contributed by atoms with Crippen LogP contribution in [0.5, 0.6) is 0 Å². The quantitative estimate of drug-likeness (QED) is 0.225. The topological polar surface area (TPSA) is 82.8 Å². The molecule has 7 nitrogen and oxygen atoms in total. The van der Waals surface area contributed by atoms with Crippen LogP contribution in [0.4, 0.5) is 10.3 Å². The van der Waals surface area contributed by atoms with Crippen LogP contribution in [0.1, 0.15) is 26.0 Å². The van der Waals surface area contributed by atoms with E-state index in [1.807, 2.05) is 73.9 Å². The first-order valence-electron chi connectivity index (χ1n) is 11.6. The number of aromatic nitrogens is 2. The Bertz CT molecular complexity index is 1480. The average Bonchev–Trinajstić information content (AvgIpc) is 3.63. The number of nitrogens with one attached hydrogen (secondary N) is 1. The maximum Gasteiger partial charge on any atom is 0.303 e. The molecule has 1 aliphatic rings. The van der Waals surface area contributed by atoms with E-state index in [9.17, 15) is 4.79 Å². The molecule has 1 aromatic carbocycles. The second-order valence-electron chi connectivity index (χ2n) is 7.66. The largest absolute Gasteiger partial charge is 0.303 e. The molecule has 9 heteroatoms. The van der Waals surface area contributed by atoms with E-state index in [0.717, 1.165) is 22.2 Å². The van der Waals surface area contributed by atoms with E-state index in [0.29, 0.717) is 27.2 Å². The van der Waals surface area contributed by atoms with Gasteiger partial charge < -0.3 is 0 Å². The number of fused-ring (bicyclic) bond motifs is 1. The van der Waals surface area contributed by atoms with Gasteiger partial charge in [0.05, 0.1) is 15.9 Å². The fourth-order valence-corrected chi connectivity index (χ4v) is 4.97. The summed E-state index contributed by atoms with van der Waals surface area (Å²) in [6, 6.07) is 7.81. The van der Waals surface area contributed by atoms with Crippen LogP contribution in [0, 0.1) is 0 Å². The van der Waals surface area contributed by atoms with E-state index in [4.69, 9.17) is 0 Å². The van der Waals surface area contributed by atoms with Crippen LogP contribution >= 0.6 is 22.7 Å². The SMILES string of the molecule is C=C/C=C(\C=C/CC)C1=NN(c2nc(/C(C=C)=C/C=C\C)cs2)C(=O)/C1=N\Nc1nc2ccccc2s1. The van der Waals surface area contributed by atoms with Gasteiger partial charge in [0.1, 0.15) is 5.71 Å². The van der Waals surface area contributed by atoms with Crippen molar-refractivity contribution in [2.24, 2.45) is 10.2 Å². The number of carbonyl (C=O) groups is 1. The first-order chi connectivity index (χ1) is 18.1. The van der Waals surface area contributed by atoms with Crippen molar-refractivity contribution >= 4 is 66.1 Å². The number of allylic oxidation sites excluding steroid dienone is 10. The minimum absolute atomic E-state index is 0.165. The summed E-state index contributed by atoms with van der Waals surface area (Å²) in [6.45, 7) is 11.7. The third-order valence-corrected chi connectivity index (χ3v) is 6.89. The molecule has 0 spiro atoms. The number of rotatable bonds is 10. The highest BCUT2D eigenvalue weighted by molar-refractivity contribution is 7.22. The number of hydrogen-bond donors (Lipinski definition) is 1. The molecule has 0 aliphatic carbocycles. The maximum atomic E-state index is 13.6. The fourth-order valence-electron chi connectivity index (χ4n) is 3.38.